The lowest BCUT2D eigenvalue weighted by atomic mass is 10.2. The molecule has 0 amide bonds. The average molecular weight is 369 g/mol. The van der Waals surface area contributed by atoms with E-state index < -0.39 is 21.8 Å². The van der Waals surface area contributed by atoms with Crippen LogP contribution in [0.25, 0.3) is 0 Å². The number of benzene rings is 1. The molecule has 9 heteroatoms. The molecule has 0 bridgehead atoms. The van der Waals surface area contributed by atoms with Crippen LogP contribution in [0.1, 0.15) is 18.4 Å². The van der Waals surface area contributed by atoms with Gasteiger partial charge >= 0.3 is 6.18 Å². The number of ether oxygens (including phenoxy) is 1. The molecule has 1 aromatic rings. The van der Waals surface area contributed by atoms with Gasteiger partial charge in [-0.25, -0.2) is 13.1 Å². The smallest absolute Gasteiger partial charge is 0.381 e. The van der Waals surface area contributed by atoms with Gasteiger partial charge in [0.15, 0.2) is 0 Å². The average Bonchev–Trinajstić information content (AvgIpc) is 2.52. The minimum absolute atomic E-state index is 0.181. The van der Waals surface area contributed by atoms with Gasteiger partial charge in [-0.15, -0.1) is 0 Å². The molecule has 1 saturated heterocycles. The highest BCUT2D eigenvalue weighted by Gasteiger charge is 2.31. The molecule has 0 aliphatic carbocycles. The van der Waals surface area contributed by atoms with E-state index in [1.807, 2.05) is 0 Å². The number of nitrogens with one attached hydrogen (secondary N) is 1. The third kappa shape index (κ3) is 5.66. The molecule has 23 heavy (non-hydrogen) atoms. The number of thioether (sulfide) groups is 1. The van der Waals surface area contributed by atoms with Crippen LogP contribution in [0.15, 0.2) is 29.2 Å². The van der Waals surface area contributed by atoms with Crippen LogP contribution in [0.4, 0.5) is 13.2 Å². The predicted octanol–water partition coefficient (Wildman–Crippen LogP) is 2.90. The molecule has 0 saturated carbocycles. The highest BCUT2D eigenvalue weighted by molar-refractivity contribution is 8.00. The molecule has 0 radical (unpaired) electrons. The first-order valence-corrected chi connectivity index (χ1v) is 9.68. The van der Waals surface area contributed by atoms with E-state index in [0.717, 1.165) is 31.0 Å². The molecule has 1 N–H and O–H groups in total. The fourth-order valence-corrected chi connectivity index (χ4v) is 4.45. The van der Waals surface area contributed by atoms with E-state index in [1.54, 1.807) is 11.8 Å². The molecular weight excluding hydrogens is 351 g/mol. The first kappa shape index (κ1) is 18.6. The zero-order chi connectivity index (χ0) is 16.9. The monoisotopic (exact) mass is 369 g/mol. The molecule has 1 aliphatic heterocycles. The molecule has 1 aliphatic rings. The van der Waals surface area contributed by atoms with E-state index in [-0.39, 0.29) is 11.4 Å². The summed E-state index contributed by atoms with van der Waals surface area (Å²) < 4.78 is 69.6. The highest BCUT2D eigenvalue weighted by atomic mass is 32.2. The molecule has 0 unspecified atom stereocenters. The minimum Gasteiger partial charge on any atom is -0.381 e. The lowest BCUT2D eigenvalue weighted by molar-refractivity contribution is -0.137. The van der Waals surface area contributed by atoms with E-state index in [2.05, 4.69) is 4.72 Å². The van der Waals surface area contributed by atoms with Crippen LogP contribution >= 0.6 is 11.8 Å². The van der Waals surface area contributed by atoms with Gasteiger partial charge in [-0.1, -0.05) is 6.07 Å². The van der Waals surface area contributed by atoms with Gasteiger partial charge in [-0.3, -0.25) is 0 Å². The summed E-state index contributed by atoms with van der Waals surface area (Å²) in [5.74, 6) is 0.572. The quantitative estimate of drug-likeness (QED) is 0.784. The van der Waals surface area contributed by atoms with Crippen molar-refractivity contribution in [3.63, 3.8) is 0 Å². The maximum Gasteiger partial charge on any atom is 0.416 e. The Morgan fingerprint density at radius 3 is 2.61 bits per heavy atom. The normalized spacial score (nSPS) is 17.3. The van der Waals surface area contributed by atoms with Crippen molar-refractivity contribution in [1.82, 2.24) is 4.72 Å². The maximum absolute atomic E-state index is 12.6. The number of rotatable bonds is 6. The van der Waals surface area contributed by atoms with E-state index >= 15 is 0 Å². The van der Waals surface area contributed by atoms with Crippen molar-refractivity contribution in [2.24, 2.45) is 0 Å². The summed E-state index contributed by atoms with van der Waals surface area (Å²) >= 11 is 1.65. The Morgan fingerprint density at radius 2 is 1.96 bits per heavy atom. The third-order valence-corrected chi connectivity index (χ3v) is 6.23. The number of alkyl halides is 3. The molecule has 1 fully saturated rings. The third-order valence-electron chi connectivity index (χ3n) is 3.39. The number of hydrogen-bond acceptors (Lipinski definition) is 4. The van der Waals surface area contributed by atoms with Crippen molar-refractivity contribution >= 4 is 21.8 Å². The number of halogens is 3. The van der Waals surface area contributed by atoms with Crippen molar-refractivity contribution in [2.45, 2.75) is 29.2 Å². The molecule has 130 valence electrons. The number of sulfonamides is 1. The van der Waals surface area contributed by atoms with E-state index in [4.69, 9.17) is 4.74 Å². The summed E-state index contributed by atoms with van der Waals surface area (Å²) in [5.41, 5.74) is -0.975. The Bertz CT molecular complexity index is 614. The van der Waals surface area contributed by atoms with Crippen LogP contribution in [-0.4, -0.2) is 39.2 Å². The highest BCUT2D eigenvalue weighted by Crippen LogP contribution is 2.30. The first-order chi connectivity index (χ1) is 10.8. The lowest BCUT2D eigenvalue weighted by Gasteiger charge is -2.21. The summed E-state index contributed by atoms with van der Waals surface area (Å²) in [6.45, 7) is 1.61. The summed E-state index contributed by atoms with van der Waals surface area (Å²) in [6, 6.07) is 3.74. The van der Waals surface area contributed by atoms with Gasteiger partial charge in [0.05, 0.1) is 10.5 Å². The van der Waals surface area contributed by atoms with Crippen molar-refractivity contribution < 1.29 is 26.3 Å². The van der Waals surface area contributed by atoms with Gasteiger partial charge in [0, 0.05) is 30.8 Å². The zero-order valence-electron chi connectivity index (χ0n) is 12.3. The van der Waals surface area contributed by atoms with Crippen LogP contribution in [0.2, 0.25) is 0 Å². The van der Waals surface area contributed by atoms with Gasteiger partial charge in [-0.2, -0.15) is 24.9 Å². The maximum atomic E-state index is 12.6. The van der Waals surface area contributed by atoms with Crippen LogP contribution < -0.4 is 4.72 Å². The molecule has 1 aromatic carbocycles. The topological polar surface area (TPSA) is 55.4 Å². The number of hydrogen-bond donors (Lipinski definition) is 1. The molecule has 0 spiro atoms. The van der Waals surface area contributed by atoms with Gasteiger partial charge < -0.3 is 4.74 Å². The fourth-order valence-electron chi connectivity index (χ4n) is 2.17. The molecule has 1 heterocycles. The Labute approximate surface area is 137 Å². The van der Waals surface area contributed by atoms with Crippen molar-refractivity contribution in [3.8, 4) is 0 Å². The van der Waals surface area contributed by atoms with Crippen LogP contribution in [0, 0.1) is 0 Å². The summed E-state index contributed by atoms with van der Waals surface area (Å²) in [5, 5.41) is 0.446. The molecule has 4 nitrogen and oxygen atoms in total. The van der Waals surface area contributed by atoms with Crippen molar-refractivity contribution in [2.75, 3.05) is 25.5 Å². The lowest BCUT2D eigenvalue weighted by Crippen LogP contribution is -2.27. The Hall–Kier alpha value is -0.770. The Balaban J connectivity index is 1.88. The van der Waals surface area contributed by atoms with Crippen LogP contribution in [0.3, 0.4) is 0 Å². The second kappa shape index (κ2) is 7.87. The Morgan fingerprint density at radius 1 is 1.26 bits per heavy atom. The SMILES string of the molecule is O=S(=O)(NCCSC1CCOCC1)c1cccc(C(F)(F)F)c1. The minimum atomic E-state index is -4.57. The summed E-state index contributed by atoms with van der Waals surface area (Å²) in [7, 11) is -3.93. The van der Waals surface area contributed by atoms with Gasteiger partial charge in [-0.05, 0) is 31.0 Å². The van der Waals surface area contributed by atoms with Crippen LogP contribution in [0.5, 0.6) is 0 Å². The fraction of sp³-hybridized carbons (Fsp3) is 0.571. The largest absolute Gasteiger partial charge is 0.416 e. The zero-order valence-corrected chi connectivity index (χ0v) is 13.9. The van der Waals surface area contributed by atoms with E-state index in [1.165, 1.54) is 0 Å². The van der Waals surface area contributed by atoms with E-state index in [0.29, 0.717) is 30.3 Å². The van der Waals surface area contributed by atoms with Crippen molar-refractivity contribution in [1.29, 1.82) is 0 Å². The van der Waals surface area contributed by atoms with Crippen molar-refractivity contribution in [3.05, 3.63) is 29.8 Å². The van der Waals surface area contributed by atoms with E-state index in [9.17, 15) is 21.6 Å². The molecule has 0 aromatic heterocycles. The van der Waals surface area contributed by atoms with Gasteiger partial charge in [0.2, 0.25) is 10.0 Å². The van der Waals surface area contributed by atoms with Gasteiger partial charge in [0.25, 0.3) is 0 Å². The standard InChI is InChI=1S/C14H18F3NO3S2/c15-14(16,17)11-2-1-3-13(10-11)23(19,20)18-6-9-22-12-4-7-21-8-5-12/h1-3,10,12,18H,4-9H2. The van der Waals surface area contributed by atoms with Gasteiger partial charge in [0.1, 0.15) is 0 Å². The Kier molecular flexibility index (Phi) is 6.35. The molecular formula is C14H18F3NO3S2. The first-order valence-electron chi connectivity index (χ1n) is 7.15. The second-order valence-corrected chi connectivity index (χ2v) is 8.28. The predicted molar refractivity (Wildman–Crippen MR) is 82.9 cm³/mol. The summed E-state index contributed by atoms with van der Waals surface area (Å²) in [4.78, 5) is -0.372. The molecule has 2 rings (SSSR count). The van der Waals surface area contributed by atoms with Crippen LogP contribution in [-0.2, 0) is 20.9 Å². The molecule has 0 atom stereocenters. The second-order valence-electron chi connectivity index (χ2n) is 5.11. The summed E-state index contributed by atoms with van der Waals surface area (Å²) in [6.07, 6.45) is -2.69.